The van der Waals surface area contributed by atoms with Crippen LogP contribution in [0.4, 0.5) is 11.4 Å². The molecule has 1 aliphatic heterocycles. The number of hydrogen-bond acceptors (Lipinski definition) is 4. The number of anilines is 2. The molecule has 0 saturated carbocycles. The van der Waals surface area contributed by atoms with Crippen LogP contribution in [0.2, 0.25) is 0 Å². The van der Waals surface area contributed by atoms with Crippen LogP contribution >= 0.6 is 0 Å². The van der Waals surface area contributed by atoms with Crippen LogP contribution in [-0.4, -0.2) is 20.8 Å². The van der Waals surface area contributed by atoms with E-state index in [1.807, 2.05) is 12.3 Å². The molecular weight excluding hydrogens is 723 g/mol. The van der Waals surface area contributed by atoms with Crippen molar-refractivity contribution in [2.24, 2.45) is 0 Å². The van der Waals surface area contributed by atoms with Crippen molar-refractivity contribution in [1.82, 2.24) is 14.1 Å². The fraction of sp³-hybridized carbons (Fsp3) is 0.151. The maximum absolute atomic E-state index is 6.76. The smallest absolute Gasteiger partial charge is 0.137 e. The Balaban J connectivity index is 1.08. The lowest BCUT2D eigenvalue weighted by Gasteiger charge is -2.28. The monoisotopic (exact) mass is 769 g/mol. The zero-order chi connectivity index (χ0) is 40.3. The van der Waals surface area contributed by atoms with Gasteiger partial charge in [-0.2, -0.15) is 0 Å². The average Bonchev–Trinajstić information content (AvgIpc) is 3.97. The standard InChI is InChI=1S/C53H47N5O/c1-52(2,3)45-24-13-15-26-47(45)56-32-31-55(36-56)40-21-16-22-41(34-40)59-42-27-28-44-48(35-42)58(49-33-38(29-30-54-49)53(4,5)37-17-8-6-9-18-37)51-43-23-12-14-25-46(43)57(50(44)51)39-19-10-7-11-20-39/h6-35H,36H2,1-5H3. The summed E-state index contributed by atoms with van der Waals surface area (Å²) in [5.74, 6) is 2.39. The molecule has 0 aliphatic carbocycles. The van der Waals surface area contributed by atoms with Gasteiger partial charge in [-0.05, 0) is 82.8 Å². The minimum Gasteiger partial charge on any atom is -0.457 e. The molecule has 0 N–H and O–H groups in total. The first-order valence-corrected chi connectivity index (χ1v) is 20.4. The lowest BCUT2D eigenvalue weighted by atomic mass is 9.78. The summed E-state index contributed by atoms with van der Waals surface area (Å²) in [4.78, 5) is 9.67. The number of benzene rings is 6. The van der Waals surface area contributed by atoms with E-state index in [4.69, 9.17) is 9.72 Å². The maximum Gasteiger partial charge on any atom is 0.137 e. The molecule has 9 aromatic rings. The quantitative estimate of drug-likeness (QED) is 0.154. The van der Waals surface area contributed by atoms with Crippen molar-refractivity contribution in [1.29, 1.82) is 0 Å². The lowest BCUT2D eigenvalue weighted by Crippen LogP contribution is -2.27. The van der Waals surface area contributed by atoms with Crippen LogP contribution in [-0.2, 0) is 10.8 Å². The fourth-order valence-electron chi connectivity index (χ4n) is 8.78. The summed E-state index contributed by atoms with van der Waals surface area (Å²) in [7, 11) is 0. The van der Waals surface area contributed by atoms with Crippen LogP contribution in [0.5, 0.6) is 11.5 Å². The summed E-state index contributed by atoms with van der Waals surface area (Å²) in [6.07, 6.45) is 6.26. The number of rotatable bonds is 8. The van der Waals surface area contributed by atoms with Crippen molar-refractivity contribution in [2.75, 3.05) is 16.5 Å². The second kappa shape index (κ2) is 14.1. The van der Waals surface area contributed by atoms with Gasteiger partial charge in [-0.25, -0.2) is 4.98 Å². The van der Waals surface area contributed by atoms with Crippen molar-refractivity contribution in [3.63, 3.8) is 0 Å². The lowest BCUT2D eigenvalue weighted by molar-refractivity contribution is 0.483. The van der Waals surface area contributed by atoms with Crippen LogP contribution < -0.4 is 14.5 Å². The van der Waals surface area contributed by atoms with E-state index in [0.29, 0.717) is 6.67 Å². The molecule has 6 aromatic carbocycles. The van der Waals surface area contributed by atoms with Gasteiger partial charge in [0, 0.05) is 64.0 Å². The molecule has 0 unspecified atom stereocenters. The van der Waals surface area contributed by atoms with E-state index in [1.54, 1.807) is 0 Å². The average molecular weight is 770 g/mol. The van der Waals surface area contributed by atoms with Crippen molar-refractivity contribution < 1.29 is 4.74 Å². The maximum atomic E-state index is 6.76. The number of fused-ring (bicyclic) bond motifs is 5. The summed E-state index contributed by atoms with van der Waals surface area (Å²) >= 11 is 0. The highest BCUT2D eigenvalue weighted by molar-refractivity contribution is 6.20. The van der Waals surface area contributed by atoms with Crippen LogP contribution in [0.1, 0.15) is 51.3 Å². The van der Waals surface area contributed by atoms with E-state index in [2.05, 4.69) is 224 Å². The van der Waals surface area contributed by atoms with E-state index in [0.717, 1.165) is 61.5 Å². The second-order valence-corrected chi connectivity index (χ2v) is 17.0. The first kappa shape index (κ1) is 36.3. The summed E-state index contributed by atoms with van der Waals surface area (Å²) in [5, 5.41) is 2.28. The van der Waals surface area contributed by atoms with Crippen molar-refractivity contribution in [3.8, 4) is 23.0 Å². The molecule has 4 heterocycles. The third kappa shape index (κ3) is 6.32. The van der Waals surface area contributed by atoms with Gasteiger partial charge in [0.1, 0.15) is 17.3 Å². The molecule has 6 nitrogen and oxygen atoms in total. The normalized spacial score (nSPS) is 13.3. The topological polar surface area (TPSA) is 38.5 Å². The Bertz CT molecular complexity index is 3020. The molecule has 0 spiro atoms. The Kier molecular flexibility index (Phi) is 8.68. The number of pyridine rings is 1. The molecule has 3 aromatic heterocycles. The van der Waals surface area contributed by atoms with Gasteiger partial charge in [-0.3, -0.25) is 4.57 Å². The molecular formula is C53H47N5O. The van der Waals surface area contributed by atoms with Crippen molar-refractivity contribution in [3.05, 3.63) is 199 Å². The molecule has 6 heteroatoms. The Morgan fingerprint density at radius 3 is 1.98 bits per heavy atom. The molecule has 0 atom stereocenters. The number of ether oxygens (including phenoxy) is 1. The van der Waals surface area contributed by atoms with Gasteiger partial charge < -0.3 is 19.1 Å². The van der Waals surface area contributed by atoms with E-state index < -0.39 is 0 Å². The Morgan fingerprint density at radius 1 is 0.508 bits per heavy atom. The molecule has 0 saturated heterocycles. The largest absolute Gasteiger partial charge is 0.457 e. The number of hydrogen-bond donors (Lipinski definition) is 0. The molecule has 1 aliphatic rings. The van der Waals surface area contributed by atoms with Crippen LogP contribution in [0.25, 0.3) is 44.3 Å². The fourth-order valence-corrected chi connectivity index (χ4v) is 8.78. The Morgan fingerprint density at radius 2 is 1.17 bits per heavy atom. The van der Waals surface area contributed by atoms with Gasteiger partial charge in [-0.15, -0.1) is 0 Å². The number of para-hydroxylation sites is 3. The highest BCUT2D eigenvalue weighted by Gasteiger charge is 2.27. The zero-order valence-electron chi connectivity index (χ0n) is 34.2. The van der Waals surface area contributed by atoms with Gasteiger partial charge in [0.2, 0.25) is 0 Å². The second-order valence-electron chi connectivity index (χ2n) is 17.0. The summed E-state index contributed by atoms with van der Waals surface area (Å²) in [6.45, 7) is 12.1. The summed E-state index contributed by atoms with van der Waals surface area (Å²) < 4.78 is 11.5. The third-order valence-electron chi connectivity index (χ3n) is 11.9. The van der Waals surface area contributed by atoms with Gasteiger partial charge in [0.25, 0.3) is 0 Å². The SMILES string of the molecule is CC(C)(C)c1ccccc1N1C=CN(c2cccc(Oc3ccc4c(c3)n(-c3cc(C(C)(C)c5ccccc5)ccn3)c3c5ccccc5n(-c5ccccc5)c43)c2)C1. The number of nitrogens with zero attached hydrogens (tertiary/aromatic N) is 5. The van der Waals surface area contributed by atoms with Gasteiger partial charge in [0.05, 0.1) is 28.7 Å². The highest BCUT2D eigenvalue weighted by atomic mass is 16.5. The van der Waals surface area contributed by atoms with Crippen molar-refractivity contribution in [2.45, 2.75) is 45.4 Å². The van der Waals surface area contributed by atoms with Crippen molar-refractivity contribution >= 4 is 44.2 Å². The molecule has 290 valence electrons. The van der Waals surface area contributed by atoms with Crippen LogP contribution in [0.3, 0.4) is 0 Å². The third-order valence-corrected chi connectivity index (χ3v) is 11.9. The van der Waals surface area contributed by atoms with Crippen LogP contribution in [0, 0.1) is 0 Å². The van der Waals surface area contributed by atoms with E-state index >= 15 is 0 Å². The molecule has 10 rings (SSSR count). The highest BCUT2D eigenvalue weighted by Crippen LogP contribution is 2.43. The number of aromatic nitrogens is 3. The van der Waals surface area contributed by atoms with E-state index in [1.165, 1.54) is 22.4 Å². The molecule has 0 bridgehead atoms. The predicted molar refractivity (Wildman–Crippen MR) is 245 cm³/mol. The van der Waals surface area contributed by atoms with Gasteiger partial charge in [0.15, 0.2) is 0 Å². The first-order valence-electron chi connectivity index (χ1n) is 20.4. The molecule has 0 amide bonds. The van der Waals surface area contributed by atoms with E-state index in [9.17, 15) is 0 Å². The zero-order valence-corrected chi connectivity index (χ0v) is 34.2. The summed E-state index contributed by atoms with van der Waals surface area (Å²) in [6, 6.07) is 57.9. The van der Waals surface area contributed by atoms with Crippen LogP contribution in [0.15, 0.2) is 182 Å². The molecule has 0 radical (unpaired) electrons. The van der Waals surface area contributed by atoms with Gasteiger partial charge >= 0.3 is 0 Å². The minimum atomic E-state index is -0.240. The summed E-state index contributed by atoms with van der Waals surface area (Å²) in [5.41, 5.74) is 11.4. The van der Waals surface area contributed by atoms with Gasteiger partial charge in [-0.1, -0.05) is 126 Å². The predicted octanol–water partition coefficient (Wildman–Crippen LogP) is 13.3. The van der Waals surface area contributed by atoms with E-state index in [-0.39, 0.29) is 10.8 Å². The first-order chi connectivity index (χ1) is 28.6. The Labute approximate surface area is 345 Å². The minimum absolute atomic E-state index is 0.0353. The molecule has 59 heavy (non-hydrogen) atoms. The Hall–Kier alpha value is -7.05. The molecule has 0 fully saturated rings.